The van der Waals surface area contributed by atoms with E-state index in [1.54, 1.807) is 0 Å². The van der Waals surface area contributed by atoms with Crippen molar-refractivity contribution in [3.05, 3.63) is 29.3 Å². The van der Waals surface area contributed by atoms with E-state index < -0.39 is 8.07 Å². The van der Waals surface area contributed by atoms with Gasteiger partial charge in [0.15, 0.2) is 0 Å². The van der Waals surface area contributed by atoms with Crippen LogP contribution in [0.25, 0.3) is 0 Å². The van der Waals surface area contributed by atoms with Gasteiger partial charge < -0.3 is 10.5 Å². The Bertz CT molecular complexity index is 462. The fourth-order valence-electron chi connectivity index (χ4n) is 2.17. The van der Waals surface area contributed by atoms with Gasteiger partial charge in [-0.25, -0.2) is 4.99 Å². The number of amidine groups is 1. The summed E-state index contributed by atoms with van der Waals surface area (Å²) in [6.45, 7) is 5.36. The number of ether oxygens (including phenoxy) is 1. The predicted octanol–water partition coefficient (Wildman–Crippen LogP) is 2.36. The van der Waals surface area contributed by atoms with Gasteiger partial charge in [0.05, 0.1) is 14.1 Å². The van der Waals surface area contributed by atoms with E-state index in [0.717, 1.165) is 17.5 Å². The Morgan fingerprint density at radius 1 is 1.50 bits per heavy atom. The van der Waals surface area contributed by atoms with Crippen LogP contribution in [0.5, 0.6) is 0 Å². The largest absolute Gasteiger partial charge is 0.463 e. The van der Waals surface area contributed by atoms with Gasteiger partial charge in [0, 0.05) is 5.02 Å². The van der Waals surface area contributed by atoms with Crippen LogP contribution in [0.2, 0.25) is 24.2 Å². The maximum absolute atomic E-state index is 6.06. The van der Waals surface area contributed by atoms with Gasteiger partial charge >= 0.3 is 0 Å². The molecular weight excluding hydrogens is 264 g/mol. The highest BCUT2D eigenvalue weighted by Crippen LogP contribution is 2.19. The molecule has 2 N–H and O–H groups in total. The molecule has 5 heteroatoms. The standard InChI is InChI=1S/C13H19ClN2OSi/c1-18(2,12-5-3-4-10(14)8-12)7-6-11-9-17-13(15)16-11/h3-5,8,11H,6-7,9H2,1-2H3,(H2,15,16). The molecule has 0 spiro atoms. The molecular formula is C13H19ClN2OSi. The lowest BCUT2D eigenvalue weighted by molar-refractivity contribution is 0.310. The van der Waals surface area contributed by atoms with Crippen molar-refractivity contribution in [3.63, 3.8) is 0 Å². The number of nitrogens with zero attached hydrogens (tertiary/aromatic N) is 1. The molecule has 0 saturated heterocycles. The number of rotatable bonds is 4. The third-order valence-electron chi connectivity index (χ3n) is 3.44. The highest BCUT2D eigenvalue weighted by atomic mass is 35.5. The molecule has 1 aliphatic heterocycles. The highest BCUT2D eigenvalue weighted by molar-refractivity contribution is 6.89. The van der Waals surface area contributed by atoms with Crippen LogP contribution in [0.3, 0.4) is 0 Å². The van der Waals surface area contributed by atoms with Crippen molar-refractivity contribution in [1.82, 2.24) is 0 Å². The quantitative estimate of drug-likeness (QED) is 0.862. The Labute approximate surface area is 114 Å². The Hall–Kier alpha value is -1.00. The molecule has 1 unspecified atom stereocenters. The number of benzene rings is 1. The number of nitrogens with two attached hydrogens (primary N) is 1. The molecule has 2 rings (SSSR count). The van der Waals surface area contributed by atoms with E-state index >= 15 is 0 Å². The van der Waals surface area contributed by atoms with Crippen molar-refractivity contribution >= 4 is 30.9 Å². The molecule has 1 heterocycles. The first kappa shape index (κ1) is 13.4. The summed E-state index contributed by atoms with van der Waals surface area (Å²) in [7, 11) is -1.45. The summed E-state index contributed by atoms with van der Waals surface area (Å²) >= 11 is 6.06. The van der Waals surface area contributed by atoms with Crippen LogP contribution < -0.4 is 10.9 Å². The molecule has 0 amide bonds. The molecule has 0 aliphatic carbocycles. The first-order valence-electron chi connectivity index (χ1n) is 6.19. The first-order valence-corrected chi connectivity index (χ1v) is 9.78. The van der Waals surface area contributed by atoms with E-state index in [0.29, 0.717) is 12.6 Å². The molecule has 0 fully saturated rings. The molecule has 0 saturated carbocycles. The number of halogens is 1. The summed E-state index contributed by atoms with van der Waals surface area (Å²) in [4.78, 5) is 4.27. The third kappa shape index (κ3) is 3.27. The van der Waals surface area contributed by atoms with Gasteiger partial charge in [-0.1, -0.05) is 48.1 Å². The number of hydrogen-bond donors (Lipinski definition) is 1. The monoisotopic (exact) mass is 282 g/mol. The minimum Gasteiger partial charge on any atom is -0.463 e. The van der Waals surface area contributed by atoms with Crippen molar-refractivity contribution in [2.75, 3.05) is 6.61 Å². The topological polar surface area (TPSA) is 47.6 Å². The smallest absolute Gasteiger partial charge is 0.282 e. The zero-order chi connectivity index (χ0) is 13.2. The SMILES string of the molecule is C[Si](C)(CCC1COC(N)=N1)c1cccc(Cl)c1. The second kappa shape index (κ2) is 5.32. The lowest BCUT2D eigenvalue weighted by Crippen LogP contribution is -2.41. The van der Waals surface area contributed by atoms with E-state index in [-0.39, 0.29) is 6.04 Å². The van der Waals surface area contributed by atoms with Crippen LogP contribution in [0.15, 0.2) is 29.3 Å². The zero-order valence-corrected chi connectivity index (χ0v) is 12.6. The van der Waals surface area contributed by atoms with Crippen molar-refractivity contribution in [1.29, 1.82) is 0 Å². The molecule has 1 atom stereocenters. The van der Waals surface area contributed by atoms with Gasteiger partial charge in [-0.2, -0.15) is 0 Å². The van der Waals surface area contributed by atoms with Crippen molar-refractivity contribution in [2.24, 2.45) is 10.7 Å². The van der Waals surface area contributed by atoms with E-state index in [2.05, 4.69) is 30.2 Å². The molecule has 0 aromatic heterocycles. The first-order chi connectivity index (χ1) is 8.47. The minimum atomic E-state index is -1.45. The third-order valence-corrected chi connectivity index (χ3v) is 7.09. The second-order valence-electron chi connectivity index (χ2n) is 5.37. The molecule has 1 aliphatic rings. The summed E-state index contributed by atoms with van der Waals surface area (Å²) in [5, 5.41) is 2.21. The van der Waals surface area contributed by atoms with Gasteiger partial charge in [0.1, 0.15) is 6.61 Å². The fraction of sp³-hybridized carbons (Fsp3) is 0.462. The zero-order valence-electron chi connectivity index (χ0n) is 10.8. The van der Waals surface area contributed by atoms with Crippen LogP contribution in [-0.4, -0.2) is 26.7 Å². The van der Waals surface area contributed by atoms with Crippen LogP contribution in [-0.2, 0) is 4.74 Å². The average molecular weight is 283 g/mol. The number of aliphatic imine (C=N–C) groups is 1. The van der Waals surface area contributed by atoms with Crippen LogP contribution in [0, 0.1) is 0 Å². The van der Waals surface area contributed by atoms with E-state index in [1.165, 1.54) is 5.19 Å². The van der Waals surface area contributed by atoms with Crippen molar-refractivity contribution < 1.29 is 4.74 Å². The Kier molecular flexibility index (Phi) is 3.97. The Morgan fingerprint density at radius 2 is 2.28 bits per heavy atom. The Morgan fingerprint density at radius 3 is 2.89 bits per heavy atom. The predicted molar refractivity (Wildman–Crippen MR) is 79.4 cm³/mol. The van der Waals surface area contributed by atoms with E-state index in [1.807, 2.05) is 12.1 Å². The molecule has 18 heavy (non-hydrogen) atoms. The Balaban J connectivity index is 1.99. The molecule has 0 radical (unpaired) electrons. The molecule has 3 nitrogen and oxygen atoms in total. The van der Waals surface area contributed by atoms with E-state index in [9.17, 15) is 0 Å². The summed E-state index contributed by atoms with van der Waals surface area (Å²) in [6, 6.07) is 9.96. The van der Waals surface area contributed by atoms with Gasteiger partial charge in [-0.05, 0) is 18.6 Å². The minimum absolute atomic E-state index is 0.232. The van der Waals surface area contributed by atoms with Gasteiger partial charge in [0.25, 0.3) is 6.02 Å². The normalized spacial score (nSPS) is 19.5. The molecule has 98 valence electrons. The van der Waals surface area contributed by atoms with Gasteiger partial charge in [-0.15, -0.1) is 0 Å². The number of hydrogen-bond acceptors (Lipinski definition) is 3. The lowest BCUT2D eigenvalue weighted by atomic mass is 10.3. The van der Waals surface area contributed by atoms with Crippen LogP contribution in [0.4, 0.5) is 0 Å². The highest BCUT2D eigenvalue weighted by Gasteiger charge is 2.26. The van der Waals surface area contributed by atoms with Gasteiger partial charge in [0.2, 0.25) is 0 Å². The van der Waals surface area contributed by atoms with Gasteiger partial charge in [-0.3, -0.25) is 0 Å². The van der Waals surface area contributed by atoms with Crippen molar-refractivity contribution in [3.8, 4) is 0 Å². The molecule has 1 aromatic carbocycles. The summed E-state index contributed by atoms with van der Waals surface area (Å²) < 4.78 is 5.18. The average Bonchev–Trinajstić information content (AvgIpc) is 2.73. The summed E-state index contributed by atoms with van der Waals surface area (Å²) in [5.41, 5.74) is 5.52. The molecule has 1 aromatic rings. The second-order valence-corrected chi connectivity index (χ2v) is 10.6. The van der Waals surface area contributed by atoms with Crippen LogP contribution >= 0.6 is 11.6 Å². The summed E-state index contributed by atoms with van der Waals surface area (Å²) in [5.74, 6) is 0. The lowest BCUT2D eigenvalue weighted by Gasteiger charge is -2.23. The summed E-state index contributed by atoms with van der Waals surface area (Å²) in [6.07, 6.45) is 1.03. The van der Waals surface area contributed by atoms with E-state index in [4.69, 9.17) is 22.1 Å². The van der Waals surface area contributed by atoms with Crippen LogP contribution in [0.1, 0.15) is 6.42 Å². The maximum atomic E-state index is 6.06. The maximum Gasteiger partial charge on any atom is 0.282 e. The van der Waals surface area contributed by atoms with Crippen molar-refractivity contribution in [2.45, 2.75) is 31.6 Å². The fourth-order valence-corrected chi connectivity index (χ4v) is 4.88. The molecule has 0 bridgehead atoms.